The zero-order valence-electron chi connectivity index (χ0n) is 56.2. The molecule has 0 heterocycles. The van der Waals surface area contributed by atoms with E-state index >= 15 is 0 Å². The molecule has 0 aliphatic carbocycles. The van der Waals surface area contributed by atoms with E-state index < -0.39 is 0 Å². The van der Waals surface area contributed by atoms with Crippen molar-refractivity contribution in [1.29, 1.82) is 0 Å². The minimum absolute atomic E-state index is 0.0440. The second-order valence-electron chi connectivity index (χ2n) is 24.8. The Morgan fingerprint density at radius 2 is 0.410 bits per heavy atom. The first-order chi connectivity index (χ1) is 40.8. The van der Waals surface area contributed by atoms with Gasteiger partial charge in [0.25, 0.3) is 0 Å². The van der Waals surface area contributed by atoms with Crippen LogP contribution in [0.25, 0.3) is 0 Å². The summed E-state index contributed by atoms with van der Waals surface area (Å²) in [4.78, 5) is 43.4. The fourth-order valence-electron chi connectivity index (χ4n) is 11.2. The highest BCUT2D eigenvalue weighted by Gasteiger charge is 2.13. The van der Waals surface area contributed by atoms with E-state index in [2.05, 4.69) is 58.3 Å². The molecule has 0 bridgehead atoms. The average Bonchev–Trinajstić information content (AvgIpc) is 3.48. The molecular weight excluding hydrogens is 1030 g/mol. The molecule has 0 aliphatic rings. The molecule has 0 saturated heterocycles. The Balaban J connectivity index is 0. The van der Waals surface area contributed by atoms with Gasteiger partial charge in [-0.05, 0) is 32.2 Å². The molecule has 83 heavy (non-hydrogen) atoms. The van der Waals surface area contributed by atoms with Gasteiger partial charge in [0, 0.05) is 91.3 Å². The molecule has 12 heteroatoms. The molecule has 6 N–H and O–H groups in total. The number of hydrogen-bond acceptors (Lipinski definition) is 9. The highest BCUT2D eigenvalue weighted by molar-refractivity contribution is 5.76. The smallest absolute Gasteiger partial charge is 0.221 e. The van der Waals surface area contributed by atoms with Gasteiger partial charge in [-0.3, -0.25) is 24.2 Å². The van der Waals surface area contributed by atoms with Gasteiger partial charge in [-0.1, -0.05) is 297 Å². The van der Waals surface area contributed by atoms with Crippen molar-refractivity contribution >= 4 is 17.7 Å². The first kappa shape index (κ1) is 83.2. The van der Waals surface area contributed by atoms with Gasteiger partial charge in [0.15, 0.2) is 0 Å². The van der Waals surface area contributed by atoms with Crippen LogP contribution in [-0.4, -0.2) is 146 Å². The number of carbonyl (C=O) groups excluding carboxylic acids is 3. The zero-order valence-corrected chi connectivity index (χ0v) is 56.2. The van der Waals surface area contributed by atoms with Crippen molar-refractivity contribution < 1.29 is 29.7 Å². The third-order valence-corrected chi connectivity index (χ3v) is 16.8. The summed E-state index contributed by atoms with van der Waals surface area (Å²) in [7, 11) is 0. The molecule has 0 atom stereocenters. The van der Waals surface area contributed by atoms with Gasteiger partial charge in [-0.25, -0.2) is 0 Å². The van der Waals surface area contributed by atoms with Crippen LogP contribution >= 0.6 is 0 Å². The highest BCUT2D eigenvalue weighted by atomic mass is 16.3. The molecule has 0 aliphatic heterocycles. The Morgan fingerprint density at radius 3 is 0.614 bits per heavy atom. The maximum Gasteiger partial charge on any atom is 0.221 e. The minimum atomic E-state index is 0.0440. The van der Waals surface area contributed by atoms with Gasteiger partial charge in [-0.15, -0.1) is 0 Å². The fourth-order valence-corrected chi connectivity index (χ4v) is 11.2. The van der Waals surface area contributed by atoms with Crippen molar-refractivity contribution in [1.82, 2.24) is 30.7 Å². The molecule has 12 nitrogen and oxygen atoms in total. The maximum atomic E-state index is 12.5. The zero-order chi connectivity index (χ0) is 60.8. The number of nitrogens with zero attached hydrogens (tertiary/aromatic N) is 3. The van der Waals surface area contributed by atoms with E-state index in [1.165, 1.54) is 270 Å². The Labute approximate surface area is 516 Å². The molecule has 0 aromatic heterocycles. The van der Waals surface area contributed by atoms with Gasteiger partial charge in [0.05, 0.1) is 19.8 Å². The number of carbonyl (C=O) groups is 3. The van der Waals surface area contributed by atoms with Crippen molar-refractivity contribution in [3.63, 3.8) is 0 Å². The van der Waals surface area contributed by atoms with E-state index in [9.17, 15) is 29.7 Å². The number of nitrogens with one attached hydrogen (secondary N) is 3. The maximum absolute atomic E-state index is 12.5. The highest BCUT2D eigenvalue weighted by Crippen LogP contribution is 2.16. The van der Waals surface area contributed by atoms with Crippen LogP contribution in [0.15, 0.2) is 0 Å². The van der Waals surface area contributed by atoms with E-state index in [-0.39, 0.29) is 37.5 Å². The fraction of sp³-hybridized carbons (Fsp3) is 0.958. The number of hydrogen-bond donors (Lipinski definition) is 6. The molecule has 0 aromatic rings. The van der Waals surface area contributed by atoms with Crippen LogP contribution in [0, 0.1) is 0 Å². The van der Waals surface area contributed by atoms with Crippen molar-refractivity contribution in [2.75, 3.05) is 98.4 Å². The van der Waals surface area contributed by atoms with Crippen molar-refractivity contribution in [3.05, 3.63) is 0 Å². The Hall–Kier alpha value is -1.83. The third-order valence-electron chi connectivity index (χ3n) is 16.8. The third kappa shape index (κ3) is 69.1. The first-order valence-corrected chi connectivity index (χ1v) is 36.6. The molecule has 0 saturated carbocycles. The van der Waals surface area contributed by atoms with Crippen LogP contribution in [0.3, 0.4) is 0 Å². The van der Waals surface area contributed by atoms with E-state index in [4.69, 9.17) is 0 Å². The summed E-state index contributed by atoms with van der Waals surface area (Å²) in [5.41, 5.74) is 0. The van der Waals surface area contributed by atoms with E-state index in [0.717, 1.165) is 58.4 Å². The van der Waals surface area contributed by atoms with E-state index in [1.54, 1.807) is 0 Å². The molecule has 496 valence electrons. The average molecular weight is 1180 g/mol. The molecular formula is C71H146N6O6. The van der Waals surface area contributed by atoms with Gasteiger partial charge < -0.3 is 36.2 Å². The summed E-state index contributed by atoms with van der Waals surface area (Å²) >= 11 is 0. The van der Waals surface area contributed by atoms with Crippen LogP contribution in [-0.2, 0) is 14.4 Å². The standard InChI is InChI=1S/C44H90N4O4.C27H56N2O2/c1-3-5-7-9-11-13-15-17-19-21-23-25-27-29-33-45-43(51)31-35-47(39-41-49)37-38-48(40-42-50)36-32-44(52)46-34-30-28-26-24-22-20-18-16-14-12-10-8-6-4-2;1-3-5-7-9-10-11-12-13-14-15-16-17-18-19-22-28-27(31)21-24-29(25-26-30)23-20-8-6-4-2/h49-50H,3-42H2,1-2H3,(H,45,51)(H,46,52);30H,3-26H2,1-2H3,(H,28,31). The van der Waals surface area contributed by atoms with Crippen molar-refractivity contribution in [2.24, 2.45) is 0 Å². The Morgan fingerprint density at radius 1 is 0.229 bits per heavy atom. The van der Waals surface area contributed by atoms with Crippen LogP contribution < -0.4 is 16.0 Å². The Bertz CT molecular complexity index is 1220. The van der Waals surface area contributed by atoms with Crippen molar-refractivity contribution in [2.45, 2.75) is 342 Å². The molecule has 0 unspecified atom stereocenters. The molecule has 0 rings (SSSR count). The number of aliphatic hydroxyl groups excluding tert-OH is 3. The second kappa shape index (κ2) is 72.6. The Kier molecular flexibility index (Phi) is 72.8. The normalized spacial score (nSPS) is 11.5. The summed E-state index contributed by atoms with van der Waals surface area (Å²) in [6.45, 7) is 17.6. The van der Waals surface area contributed by atoms with Gasteiger partial charge >= 0.3 is 0 Å². The number of aliphatic hydroxyl groups is 3. The molecule has 0 spiro atoms. The largest absolute Gasteiger partial charge is 0.395 e. The molecule has 0 aromatic carbocycles. The molecule has 3 amide bonds. The topological polar surface area (TPSA) is 158 Å². The van der Waals surface area contributed by atoms with E-state index in [1.807, 2.05) is 0 Å². The van der Waals surface area contributed by atoms with Crippen molar-refractivity contribution in [3.8, 4) is 0 Å². The lowest BCUT2D eigenvalue weighted by atomic mass is 10.0. The SMILES string of the molecule is CCCCCCCCCCCCCCCCNC(=O)CCN(CCO)CCCCCC.CCCCCCCCCCCCCCCCNC(=O)CCN(CCO)CCN(CCO)CCC(=O)NCCCCCCCCCCCCCCCC. The first-order valence-electron chi connectivity index (χ1n) is 36.6. The minimum Gasteiger partial charge on any atom is -0.395 e. The summed E-state index contributed by atoms with van der Waals surface area (Å²) < 4.78 is 0. The summed E-state index contributed by atoms with van der Waals surface area (Å²) in [6.07, 6.45) is 62.6. The second-order valence-corrected chi connectivity index (χ2v) is 24.8. The predicted octanol–water partition coefficient (Wildman–Crippen LogP) is 16.4. The van der Waals surface area contributed by atoms with Crippen LogP contribution in [0.1, 0.15) is 342 Å². The van der Waals surface area contributed by atoms with E-state index in [0.29, 0.717) is 65.1 Å². The lowest BCUT2D eigenvalue weighted by molar-refractivity contribution is -0.122. The van der Waals surface area contributed by atoms with Crippen LogP contribution in [0.4, 0.5) is 0 Å². The number of rotatable bonds is 68. The quantitative estimate of drug-likeness (QED) is 0.0326. The van der Waals surface area contributed by atoms with Gasteiger partial charge in [0.2, 0.25) is 17.7 Å². The molecule has 0 radical (unpaired) electrons. The van der Waals surface area contributed by atoms with Crippen LogP contribution in [0.5, 0.6) is 0 Å². The number of amides is 3. The van der Waals surface area contributed by atoms with Gasteiger partial charge in [0.1, 0.15) is 0 Å². The predicted molar refractivity (Wildman–Crippen MR) is 359 cm³/mol. The van der Waals surface area contributed by atoms with Gasteiger partial charge in [-0.2, -0.15) is 0 Å². The summed E-state index contributed by atoms with van der Waals surface area (Å²) in [5, 5.41) is 37.6. The summed E-state index contributed by atoms with van der Waals surface area (Å²) in [6, 6.07) is 0. The lowest BCUT2D eigenvalue weighted by Gasteiger charge is -2.26. The lowest BCUT2D eigenvalue weighted by Crippen LogP contribution is -2.40. The monoisotopic (exact) mass is 1180 g/mol. The summed E-state index contributed by atoms with van der Waals surface area (Å²) in [5.74, 6) is 0.298. The number of unbranched alkanes of at least 4 members (excludes halogenated alkanes) is 42. The van der Waals surface area contributed by atoms with Crippen LogP contribution in [0.2, 0.25) is 0 Å². The molecule has 0 fully saturated rings.